The number of rotatable bonds is 5. The monoisotopic (exact) mass is 244 g/mol. The Morgan fingerprint density at radius 1 is 1.75 bits per heavy atom. The van der Waals surface area contributed by atoms with Gasteiger partial charge in [0.1, 0.15) is 0 Å². The molecule has 4 heteroatoms. The quantitative estimate of drug-likeness (QED) is 0.755. The molecule has 0 amide bonds. The van der Waals surface area contributed by atoms with Crippen molar-refractivity contribution in [2.45, 2.75) is 50.9 Å². The van der Waals surface area contributed by atoms with Gasteiger partial charge in [-0.3, -0.25) is 4.79 Å². The van der Waals surface area contributed by atoms with Gasteiger partial charge >= 0.3 is 5.97 Å². The van der Waals surface area contributed by atoms with Crippen molar-refractivity contribution in [3.63, 3.8) is 0 Å². The number of hydrogen-bond acceptors (Lipinski definition) is 4. The Bertz CT molecular complexity index is 286. The molecule has 0 saturated carbocycles. The van der Waals surface area contributed by atoms with Crippen molar-refractivity contribution in [2.24, 2.45) is 0 Å². The van der Waals surface area contributed by atoms with Gasteiger partial charge in [0.25, 0.3) is 0 Å². The van der Waals surface area contributed by atoms with E-state index in [2.05, 4.69) is 13.0 Å². The molecule has 2 atom stereocenters. The number of carbonyl (C=O) groups excluding carboxylic acids is 1. The van der Waals surface area contributed by atoms with Crippen LogP contribution in [0.4, 0.5) is 0 Å². The Morgan fingerprint density at radius 2 is 2.44 bits per heavy atom. The summed E-state index contributed by atoms with van der Waals surface area (Å²) in [5.41, 5.74) is 0. The van der Waals surface area contributed by atoms with Crippen molar-refractivity contribution in [1.29, 1.82) is 0 Å². The number of carbonyl (C=O) groups is 1. The van der Waals surface area contributed by atoms with Crippen LogP contribution in [-0.4, -0.2) is 28.5 Å². The second-order valence-corrected chi connectivity index (χ2v) is 6.28. The molecule has 0 fully saturated rings. The summed E-state index contributed by atoms with van der Waals surface area (Å²) in [6.07, 6.45) is 4.48. The molecular formula is C12H20O3S. The van der Waals surface area contributed by atoms with E-state index in [-0.39, 0.29) is 16.8 Å². The van der Waals surface area contributed by atoms with Crippen molar-refractivity contribution in [3.8, 4) is 0 Å². The van der Waals surface area contributed by atoms with Crippen LogP contribution in [0.25, 0.3) is 0 Å². The number of ether oxygens (including phenoxy) is 1. The van der Waals surface area contributed by atoms with Crippen LogP contribution in [0.3, 0.4) is 0 Å². The number of thioether (sulfide) groups is 1. The SMILES string of the molecule is CC(=O)OCCC1(C)CC=C(CC(C)O)S1. The first-order valence-corrected chi connectivity index (χ1v) is 6.42. The molecule has 3 nitrogen and oxygen atoms in total. The summed E-state index contributed by atoms with van der Waals surface area (Å²) in [6, 6.07) is 0. The Labute approximate surface area is 101 Å². The summed E-state index contributed by atoms with van der Waals surface area (Å²) in [5.74, 6) is -0.219. The summed E-state index contributed by atoms with van der Waals surface area (Å²) < 4.78 is 5.09. The van der Waals surface area contributed by atoms with Crippen LogP contribution in [-0.2, 0) is 9.53 Å². The molecule has 16 heavy (non-hydrogen) atoms. The Balaban J connectivity index is 2.31. The van der Waals surface area contributed by atoms with Gasteiger partial charge in [-0.2, -0.15) is 0 Å². The van der Waals surface area contributed by atoms with Gasteiger partial charge in [0.15, 0.2) is 0 Å². The van der Waals surface area contributed by atoms with Gasteiger partial charge in [-0.1, -0.05) is 6.08 Å². The molecule has 0 aliphatic carbocycles. The van der Waals surface area contributed by atoms with Crippen molar-refractivity contribution in [3.05, 3.63) is 11.0 Å². The maximum absolute atomic E-state index is 10.7. The molecule has 0 radical (unpaired) electrons. The zero-order valence-electron chi connectivity index (χ0n) is 10.2. The standard InChI is InChI=1S/C12H20O3S/c1-9(13)8-11-4-5-12(3,16-11)6-7-15-10(2)14/h4,9,13H,5-8H2,1-3H3. The highest BCUT2D eigenvalue weighted by Crippen LogP contribution is 2.45. The van der Waals surface area contributed by atoms with Gasteiger partial charge in [0.05, 0.1) is 12.7 Å². The molecule has 1 aliphatic heterocycles. The lowest BCUT2D eigenvalue weighted by molar-refractivity contribution is -0.141. The van der Waals surface area contributed by atoms with E-state index in [0.29, 0.717) is 6.61 Å². The third kappa shape index (κ3) is 4.58. The largest absolute Gasteiger partial charge is 0.466 e. The van der Waals surface area contributed by atoms with Gasteiger partial charge < -0.3 is 9.84 Å². The lowest BCUT2D eigenvalue weighted by atomic mass is 10.0. The van der Waals surface area contributed by atoms with E-state index in [9.17, 15) is 9.90 Å². The fourth-order valence-corrected chi connectivity index (χ4v) is 3.19. The maximum atomic E-state index is 10.7. The molecule has 0 aromatic rings. The van der Waals surface area contributed by atoms with E-state index >= 15 is 0 Å². The number of esters is 1. The summed E-state index contributed by atoms with van der Waals surface area (Å²) in [4.78, 5) is 11.9. The molecule has 0 saturated heterocycles. The van der Waals surface area contributed by atoms with Gasteiger partial charge in [0, 0.05) is 18.1 Å². The number of aliphatic hydroxyl groups excluding tert-OH is 1. The molecule has 0 aromatic carbocycles. The smallest absolute Gasteiger partial charge is 0.302 e. The van der Waals surface area contributed by atoms with Crippen LogP contribution >= 0.6 is 11.8 Å². The summed E-state index contributed by atoms with van der Waals surface area (Å²) >= 11 is 1.80. The molecule has 0 spiro atoms. The fourth-order valence-electron chi connectivity index (χ4n) is 1.71. The summed E-state index contributed by atoms with van der Waals surface area (Å²) in [5, 5.41) is 9.31. The third-order valence-corrected chi connectivity index (χ3v) is 4.03. The van der Waals surface area contributed by atoms with Crippen molar-refractivity contribution in [2.75, 3.05) is 6.61 Å². The molecule has 1 aliphatic rings. The number of allylic oxidation sites excluding steroid dienone is 1. The minimum Gasteiger partial charge on any atom is -0.466 e. The number of hydrogen-bond donors (Lipinski definition) is 1. The lowest BCUT2D eigenvalue weighted by Gasteiger charge is -2.23. The van der Waals surface area contributed by atoms with Crippen molar-refractivity contribution >= 4 is 17.7 Å². The maximum Gasteiger partial charge on any atom is 0.302 e. The molecule has 1 N–H and O–H groups in total. The first-order valence-electron chi connectivity index (χ1n) is 5.61. The molecule has 1 heterocycles. The van der Waals surface area contributed by atoms with Gasteiger partial charge in [-0.25, -0.2) is 0 Å². The van der Waals surface area contributed by atoms with Crippen LogP contribution in [0.5, 0.6) is 0 Å². The zero-order valence-corrected chi connectivity index (χ0v) is 11.0. The van der Waals surface area contributed by atoms with Crippen molar-refractivity contribution < 1.29 is 14.6 Å². The normalized spacial score (nSPS) is 26.4. The topological polar surface area (TPSA) is 46.5 Å². The molecule has 92 valence electrons. The third-order valence-electron chi connectivity index (χ3n) is 2.57. The summed E-state index contributed by atoms with van der Waals surface area (Å²) in [6.45, 7) is 5.89. The van der Waals surface area contributed by atoms with Gasteiger partial charge in [0.2, 0.25) is 0 Å². The second kappa shape index (κ2) is 5.73. The van der Waals surface area contributed by atoms with E-state index in [4.69, 9.17) is 4.74 Å². The van der Waals surface area contributed by atoms with E-state index in [1.165, 1.54) is 11.8 Å². The Morgan fingerprint density at radius 3 is 3.00 bits per heavy atom. The van der Waals surface area contributed by atoms with Crippen LogP contribution < -0.4 is 0 Å². The van der Waals surface area contributed by atoms with Gasteiger partial charge in [-0.15, -0.1) is 11.8 Å². The lowest BCUT2D eigenvalue weighted by Crippen LogP contribution is -2.19. The minimum absolute atomic E-state index is 0.125. The Hall–Kier alpha value is -0.480. The van der Waals surface area contributed by atoms with E-state index in [0.717, 1.165) is 19.3 Å². The predicted octanol–water partition coefficient (Wildman–Crippen LogP) is 2.49. The summed E-state index contributed by atoms with van der Waals surface area (Å²) in [7, 11) is 0. The van der Waals surface area contributed by atoms with Crippen LogP contribution in [0, 0.1) is 0 Å². The second-order valence-electron chi connectivity index (χ2n) is 4.57. The van der Waals surface area contributed by atoms with E-state index in [1.807, 2.05) is 0 Å². The Kier molecular flexibility index (Phi) is 4.87. The molecule has 0 bridgehead atoms. The highest BCUT2D eigenvalue weighted by Gasteiger charge is 2.30. The predicted molar refractivity (Wildman–Crippen MR) is 66.2 cm³/mol. The average Bonchev–Trinajstić information content (AvgIpc) is 2.45. The molecular weight excluding hydrogens is 224 g/mol. The van der Waals surface area contributed by atoms with Crippen LogP contribution in [0.1, 0.15) is 40.0 Å². The molecule has 2 unspecified atom stereocenters. The van der Waals surface area contributed by atoms with Crippen molar-refractivity contribution in [1.82, 2.24) is 0 Å². The van der Waals surface area contributed by atoms with Crippen LogP contribution in [0.2, 0.25) is 0 Å². The van der Waals surface area contributed by atoms with Crippen LogP contribution in [0.15, 0.2) is 11.0 Å². The molecule has 1 rings (SSSR count). The first-order chi connectivity index (χ1) is 7.41. The zero-order chi connectivity index (χ0) is 12.2. The van der Waals surface area contributed by atoms with E-state index < -0.39 is 0 Å². The highest BCUT2D eigenvalue weighted by molar-refractivity contribution is 8.04. The average molecular weight is 244 g/mol. The van der Waals surface area contributed by atoms with Gasteiger partial charge in [-0.05, 0) is 31.6 Å². The van der Waals surface area contributed by atoms with E-state index in [1.54, 1.807) is 18.7 Å². The highest BCUT2D eigenvalue weighted by atomic mass is 32.2. The first kappa shape index (κ1) is 13.6. The number of aliphatic hydroxyl groups is 1. The molecule has 0 aromatic heterocycles. The minimum atomic E-state index is -0.283. The fraction of sp³-hybridized carbons (Fsp3) is 0.750.